The lowest BCUT2D eigenvalue weighted by molar-refractivity contribution is -0.124. The zero-order valence-electron chi connectivity index (χ0n) is 12.4. The number of rotatable bonds is 4. The van der Waals surface area contributed by atoms with Crippen molar-refractivity contribution in [1.29, 1.82) is 0 Å². The first-order valence-electron chi connectivity index (χ1n) is 6.95. The summed E-state index contributed by atoms with van der Waals surface area (Å²) in [5.41, 5.74) is 5.67. The van der Waals surface area contributed by atoms with Gasteiger partial charge in [-0.2, -0.15) is 0 Å². The van der Waals surface area contributed by atoms with E-state index in [1.165, 1.54) is 0 Å². The van der Waals surface area contributed by atoms with Crippen LogP contribution in [0.5, 0.6) is 5.75 Å². The first kappa shape index (κ1) is 15.2. The molecule has 21 heavy (non-hydrogen) atoms. The van der Waals surface area contributed by atoms with E-state index >= 15 is 0 Å². The Bertz CT molecular complexity index is 534. The summed E-state index contributed by atoms with van der Waals surface area (Å²) in [7, 11) is 3.30. The van der Waals surface area contributed by atoms with E-state index in [4.69, 9.17) is 15.7 Å². The molecule has 114 valence electrons. The van der Waals surface area contributed by atoms with E-state index in [1.54, 1.807) is 31.2 Å². The maximum Gasteiger partial charge on any atom is 0.240 e. The molecule has 1 fully saturated rings. The Labute approximate surface area is 124 Å². The van der Waals surface area contributed by atoms with Crippen LogP contribution in [0.2, 0.25) is 0 Å². The van der Waals surface area contributed by atoms with Gasteiger partial charge in [0.15, 0.2) is 5.84 Å². The van der Waals surface area contributed by atoms with Crippen LogP contribution in [-0.2, 0) is 4.79 Å². The molecule has 0 saturated heterocycles. The molecule has 1 amide bonds. The molecule has 1 aliphatic rings. The predicted octanol–water partition coefficient (Wildman–Crippen LogP) is 1.96. The van der Waals surface area contributed by atoms with Gasteiger partial charge in [0.1, 0.15) is 11.2 Å². The minimum absolute atomic E-state index is 0.00496. The zero-order chi connectivity index (χ0) is 15.5. The molecule has 0 spiro atoms. The van der Waals surface area contributed by atoms with Crippen molar-refractivity contribution < 1.29 is 14.7 Å². The molecule has 6 heteroatoms. The van der Waals surface area contributed by atoms with E-state index in [-0.39, 0.29) is 11.7 Å². The fourth-order valence-corrected chi connectivity index (χ4v) is 2.90. The first-order chi connectivity index (χ1) is 10.0. The number of carbonyl (C=O) groups is 1. The van der Waals surface area contributed by atoms with E-state index in [0.717, 1.165) is 24.3 Å². The molecule has 0 heterocycles. The predicted molar refractivity (Wildman–Crippen MR) is 80.7 cm³/mol. The van der Waals surface area contributed by atoms with E-state index in [1.807, 2.05) is 12.1 Å². The van der Waals surface area contributed by atoms with Gasteiger partial charge in [0, 0.05) is 12.7 Å². The van der Waals surface area contributed by atoms with Gasteiger partial charge in [-0.3, -0.25) is 4.79 Å². The number of amides is 1. The molecule has 0 radical (unpaired) electrons. The van der Waals surface area contributed by atoms with Crippen molar-refractivity contribution in [3.63, 3.8) is 0 Å². The van der Waals surface area contributed by atoms with Gasteiger partial charge >= 0.3 is 0 Å². The van der Waals surface area contributed by atoms with Crippen LogP contribution in [0.4, 0.5) is 5.69 Å². The summed E-state index contributed by atoms with van der Waals surface area (Å²) >= 11 is 0. The van der Waals surface area contributed by atoms with Crippen molar-refractivity contribution >= 4 is 17.4 Å². The Balaban J connectivity index is 2.28. The van der Waals surface area contributed by atoms with Gasteiger partial charge in [0.05, 0.1) is 7.11 Å². The summed E-state index contributed by atoms with van der Waals surface area (Å²) in [6.45, 7) is 0. The first-order valence-corrected chi connectivity index (χ1v) is 6.95. The van der Waals surface area contributed by atoms with Gasteiger partial charge in [-0.05, 0) is 37.1 Å². The largest absolute Gasteiger partial charge is 0.497 e. The molecule has 0 aromatic heterocycles. The molecular weight excluding hydrogens is 270 g/mol. The molecule has 6 nitrogen and oxygen atoms in total. The number of nitrogens with two attached hydrogens (primary N) is 1. The molecule has 1 saturated carbocycles. The topological polar surface area (TPSA) is 88.2 Å². The fourth-order valence-electron chi connectivity index (χ4n) is 2.90. The van der Waals surface area contributed by atoms with Gasteiger partial charge in [-0.1, -0.05) is 18.0 Å². The molecule has 3 N–H and O–H groups in total. The van der Waals surface area contributed by atoms with Crippen LogP contribution in [-0.4, -0.2) is 31.1 Å². The lowest BCUT2D eigenvalue weighted by Gasteiger charge is -2.31. The third kappa shape index (κ3) is 2.66. The van der Waals surface area contributed by atoms with Crippen LogP contribution in [0.15, 0.2) is 29.4 Å². The molecule has 0 bridgehead atoms. The quantitative estimate of drug-likeness (QED) is 0.384. The Morgan fingerprint density at radius 3 is 2.38 bits per heavy atom. The molecule has 0 unspecified atom stereocenters. The number of nitrogens with zero attached hydrogens (tertiary/aromatic N) is 2. The van der Waals surface area contributed by atoms with E-state index in [0.29, 0.717) is 12.8 Å². The Hall–Kier alpha value is -2.24. The van der Waals surface area contributed by atoms with Gasteiger partial charge in [0.25, 0.3) is 0 Å². The average molecular weight is 291 g/mol. The third-order valence-corrected chi connectivity index (χ3v) is 4.23. The SMILES string of the molecule is COc1ccc(N(C)C(=O)C2(C(N)=NO)CCCC2)cc1. The third-order valence-electron chi connectivity index (χ3n) is 4.23. The normalized spacial score (nSPS) is 17.5. The van der Waals surface area contributed by atoms with Crippen molar-refractivity contribution in [2.24, 2.45) is 16.3 Å². The summed E-state index contributed by atoms with van der Waals surface area (Å²) in [4.78, 5) is 14.4. The Morgan fingerprint density at radius 1 is 1.33 bits per heavy atom. The van der Waals surface area contributed by atoms with Crippen LogP contribution in [0.25, 0.3) is 0 Å². The smallest absolute Gasteiger partial charge is 0.240 e. The van der Waals surface area contributed by atoms with Crippen molar-refractivity contribution in [1.82, 2.24) is 0 Å². The second-order valence-electron chi connectivity index (χ2n) is 5.34. The minimum Gasteiger partial charge on any atom is -0.497 e. The average Bonchev–Trinajstić information content (AvgIpc) is 3.03. The number of oxime groups is 1. The second kappa shape index (κ2) is 6.03. The maximum atomic E-state index is 12.8. The fraction of sp³-hybridized carbons (Fsp3) is 0.467. The highest BCUT2D eigenvalue weighted by Crippen LogP contribution is 2.40. The number of hydrogen-bond acceptors (Lipinski definition) is 4. The molecule has 1 aliphatic carbocycles. The summed E-state index contributed by atoms with van der Waals surface area (Å²) < 4.78 is 5.11. The number of ether oxygens (including phenoxy) is 1. The number of anilines is 1. The van der Waals surface area contributed by atoms with Crippen LogP contribution >= 0.6 is 0 Å². The van der Waals surface area contributed by atoms with Crippen molar-refractivity contribution in [2.75, 3.05) is 19.1 Å². The number of carbonyl (C=O) groups excluding carboxylic acids is 1. The highest BCUT2D eigenvalue weighted by atomic mass is 16.5. The Morgan fingerprint density at radius 2 is 1.90 bits per heavy atom. The van der Waals surface area contributed by atoms with E-state index < -0.39 is 5.41 Å². The minimum atomic E-state index is -0.885. The van der Waals surface area contributed by atoms with E-state index in [9.17, 15) is 4.79 Å². The van der Waals surface area contributed by atoms with Crippen LogP contribution < -0.4 is 15.4 Å². The summed E-state index contributed by atoms with van der Waals surface area (Å²) in [6.07, 6.45) is 3.03. The molecule has 2 rings (SSSR count). The second-order valence-corrected chi connectivity index (χ2v) is 5.34. The monoisotopic (exact) mass is 291 g/mol. The van der Waals surface area contributed by atoms with Crippen molar-refractivity contribution in [2.45, 2.75) is 25.7 Å². The molecule has 1 aromatic carbocycles. The lowest BCUT2D eigenvalue weighted by atomic mass is 9.83. The Kier molecular flexibility index (Phi) is 4.35. The van der Waals surface area contributed by atoms with Gasteiger partial charge in [0.2, 0.25) is 5.91 Å². The summed E-state index contributed by atoms with van der Waals surface area (Å²) in [5.74, 6) is 0.595. The molecule has 1 aromatic rings. The highest BCUT2D eigenvalue weighted by molar-refractivity contribution is 6.12. The standard InChI is InChI=1S/C15H21N3O3/c1-18(11-5-7-12(21-2)8-6-11)14(19)15(13(16)17-20)9-3-4-10-15/h5-8,20H,3-4,9-10H2,1-2H3,(H2,16,17). The number of amidine groups is 1. The number of methoxy groups -OCH3 is 1. The molecular formula is C15H21N3O3. The molecule has 0 aliphatic heterocycles. The zero-order valence-corrected chi connectivity index (χ0v) is 12.4. The lowest BCUT2D eigenvalue weighted by Crippen LogP contribution is -2.49. The number of benzene rings is 1. The maximum absolute atomic E-state index is 12.8. The van der Waals surface area contributed by atoms with Gasteiger partial charge in [-0.25, -0.2) is 0 Å². The van der Waals surface area contributed by atoms with E-state index in [2.05, 4.69) is 5.16 Å². The van der Waals surface area contributed by atoms with Gasteiger partial charge in [-0.15, -0.1) is 0 Å². The van der Waals surface area contributed by atoms with Crippen LogP contribution in [0, 0.1) is 5.41 Å². The van der Waals surface area contributed by atoms with Crippen LogP contribution in [0.1, 0.15) is 25.7 Å². The van der Waals surface area contributed by atoms with Crippen molar-refractivity contribution in [3.05, 3.63) is 24.3 Å². The van der Waals surface area contributed by atoms with Crippen LogP contribution in [0.3, 0.4) is 0 Å². The molecule has 0 atom stereocenters. The van der Waals surface area contributed by atoms with Crippen molar-refractivity contribution in [3.8, 4) is 5.75 Å². The summed E-state index contributed by atoms with van der Waals surface area (Å²) in [6, 6.07) is 7.21. The highest BCUT2D eigenvalue weighted by Gasteiger charge is 2.47. The summed E-state index contributed by atoms with van der Waals surface area (Å²) in [5, 5.41) is 12.1. The van der Waals surface area contributed by atoms with Gasteiger partial charge < -0.3 is 20.6 Å². The number of hydrogen-bond donors (Lipinski definition) is 2.